The summed E-state index contributed by atoms with van der Waals surface area (Å²) in [7, 11) is 1.62. The SMILES string of the molecule is COC(=O)C12C[C@@H]3C4CC5[C@H]6CC7C[C@@H]5[C@H]([C@@H]4C1)C(C7)(C2)[C@H]36. The first-order chi connectivity index (χ1) is 10.7. The summed E-state index contributed by atoms with van der Waals surface area (Å²) in [5.41, 5.74) is 0.524. The lowest BCUT2D eigenvalue weighted by molar-refractivity contribution is -0.360. The summed E-state index contributed by atoms with van der Waals surface area (Å²) in [6.07, 6.45) is 9.74. The highest BCUT2D eigenvalue weighted by atomic mass is 16.5. The van der Waals surface area contributed by atoms with Crippen molar-refractivity contribution in [2.75, 3.05) is 7.11 Å². The van der Waals surface area contributed by atoms with Gasteiger partial charge in [-0.3, -0.25) is 4.79 Å². The molecule has 0 N–H and O–H groups in total. The smallest absolute Gasteiger partial charge is 0.311 e. The van der Waals surface area contributed by atoms with Crippen molar-refractivity contribution >= 4 is 5.97 Å². The maximum absolute atomic E-state index is 12.7. The minimum atomic E-state index is -0.0634. The van der Waals surface area contributed by atoms with Crippen molar-refractivity contribution in [1.82, 2.24) is 0 Å². The molecule has 2 heteroatoms. The van der Waals surface area contributed by atoms with E-state index in [0.29, 0.717) is 5.41 Å². The third-order valence-electron chi connectivity index (χ3n) is 10.3. The third-order valence-corrected chi connectivity index (χ3v) is 10.3. The second-order valence-electron chi connectivity index (χ2n) is 10.4. The van der Waals surface area contributed by atoms with Gasteiger partial charge < -0.3 is 4.74 Å². The molecule has 5 unspecified atom stereocenters. The summed E-state index contributed by atoms with van der Waals surface area (Å²) < 4.78 is 5.34. The largest absolute Gasteiger partial charge is 0.469 e. The number of hydrogen-bond acceptors (Lipinski definition) is 2. The molecule has 10 aliphatic carbocycles. The zero-order chi connectivity index (χ0) is 14.4. The van der Waals surface area contributed by atoms with Crippen LogP contribution in [0.4, 0.5) is 0 Å². The molecule has 0 saturated heterocycles. The van der Waals surface area contributed by atoms with Gasteiger partial charge in [-0.05, 0) is 104 Å². The van der Waals surface area contributed by atoms with E-state index in [9.17, 15) is 4.79 Å². The van der Waals surface area contributed by atoms with Gasteiger partial charge in [-0.25, -0.2) is 0 Å². The van der Waals surface area contributed by atoms with Gasteiger partial charge in [0.2, 0.25) is 0 Å². The highest BCUT2D eigenvalue weighted by Gasteiger charge is 2.81. The van der Waals surface area contributed by atoms with E-state index >= 15 is 0 Å². The molecule has 0 aromatic carbocycles. The van der Waals surface area contributed by atoms with Crippen LogP contribution in [0.2, 0.25) is 0 Å². The highest BCUT2D eigenvalue weighted by Crippen LogP contribution is 2.86. The number of hydrogen-bond donors (Lipinski definition) is 0. The predicted molar refractivity (Wildman–Crippen MR) is 80.6 cm³/mol. The van der Waals surface area contributed by atoms with Gasteiger partial charge in [-0.15, -0.1) is 0 Å². The molecule has 0 radical (unpaired) electrons. The Balaban J connectivity index is 1.47. The average molecular weight is 298 g/mol. The Labute approximate surface area is 132 Å². The molecule has 2 nitrogen and oxygen atoms in total. The third kappa shape index (κ3) is 0.931. The molecular formula is C20H26O2. The number of carbonyl (C=O) groups excluding carboxylic acids is 1. The Morgan fingerprint density at radius 3 is 2.14 bits per heavy atom. The molecule has 10 aliphatic rings. The molecule has 10 saturated carbocycles. The first kappa shape index (κ1) is 11.9. The maximum Gasteiger partial charge on any atom is 0.311 e. The van der Waals surface area contributed by atoms with Gasteiger partial charge in [0, 0.05) is 0 Å². The van der Waals surface area contributed by atoms with Crippen LogP contribution in [-0.4, -0.2) is 13.1 Å². The van der Waals surface area contributed by atoms with E-state index in [1.807, 2.05) is 0 Å². The van der Waals surface area contributed by atoms with Gasteiger partial charge in [-0.1, -0.05) is 0 Å². The molecule has 0 aliphatic heterocycles. The molecule has 0 heterocycles. The summed E-state index contributed by atoms with van der Waals surface area (Å²) in [6, 6.07) is 0. The van der Waals surface area contributed by atoms with E-state index in [2.05, 4.69) is 0 Å². The normalized spacial score (nSPS) is 70.7. The molecule has 10 rings (SSSR count). The van der Waals surface area contributed by atoms with Crippen LogP contribution < -0.4 is 0 Å². The Morgan fingerprint density at radius 1 is 0.864 bits per heavy atom. The summed E-state index contributed by atoms with van der Waals surface area (Å²) in [5.74, 6) is 9.20. The van der Waals surface area contributed by atoms with Crippen LogP contribution in [-0.2, 0) is 9.53 Å². The van der Waals surface area contributed by atoms with Gasteiger partial charge in [0.1, 0.15) is 0 Å². The Bertz CT molecular complexity index is 577. The van der Waals surface area contributed by atoms with E-state index in [4.69, 9.17) is 4.74 Å². The molecule has 0 amide bonds. The lowest BCUT2D eigenvalue weighted by Gasteiger charge is -2.84. The van der Waals surface area contributed by atoms with E-state index in [-0.39, 0.29) is 11.4 Å². The van der Waals surface area contributed by atoms with Crippen LogP contribution >= 0.6 is 0 Å². The van der Waals surface area contributed by atoms with Crippen LogP contribution in [0.25, 0.3) is 0 Å². The Hall–Kier alpha value is -0.530. The fourth-order valence-corrected chi connectivity index (χ4v) is 10.8. The number of rotatable bonds is 1. The van der Waals surface area contributed by atoms with Gasteiger partial charge in [0.25, 0.3) is 0 Å². The molecule has 11 atom stereocenters. The van der Waals surface area contributed by atoms with E-state index in [1.54, 1.807) is 20.0 Å². The number of ether oxygens (including phenoxy) is 1. The maximum atomic E-state index is 12.7. The highest BCUT2D eigenvalue weighted by molar-refractivity contribution is 5.78. The van der Waals surface area contributed by atoms with E-state index < -0.39 is 0 Å². The van der Waals surface area contributed by atoms with Crippen molar-refractivity contribution in [3.8, 4) is 0 Å². The standard InChI is InChI=1S/C20H26O2/c1-22-18(21)19-6-14-11-4-10-12-2-9-3-13(10)17(15(11)7-19)20(5-9,8-19)16(12)14/h9-17H,2-8H2,1H3/t9?,10?,11?,12-,13+,14-,15-,16+,17-,19?,20?/m1/s1. The minimum Gasteiger partial charge on any atom is -0.469 e. The van der Waals surface area contributed by atoms with Crippen molar-refractivity contribution in [2.45, 2.75) is 44.9 Å². The molecule has 10 fully saturated rings. The quantitative estimate of drug-likeness (QED) is 0.693. The van der Waals surface area contributed by atoms with Gasteiger partial charge in [0.05, 0.1) is 12.5 Å². The van der Waals surface area contributed by atoms with Crippen molar-refractivity contribution < 1.29 is 9.53 Å². The topological polar surface area (TPSA) is 26.3 Å². The lowest BCUT2D eigenvalue weighted by atomic mass is 9.20. The van der Waals surface area contributed by atoms with Crippen molar-refractivity contribution in [3.63, 3.8) is 0 Å². The summed E-state index contributed by atoms with van der Waals surface area (Å²) >= 11 is 0. The zero-order valence-electron chi connectivity index (χ0n) is 13.5. The number of methoxy groups -OCH3 is 1. The minimum absolute atomic E-state index is 0.0634. The van der Waals surface area contributed by atoms with E-state index in [1.165, 1.54) is 32.1 Å². The predicted octanol–water partition coefficient (Wildman–Crippen LogP) is 3.50. The Kier molecular flexibility index (Phi) is 1.72. The van der Waals surface area contributed by atoms with Crippen molar-refractivity contribution in [3.05, 3.63) is 0 Å². The van der Waals surface area contributed by atoms with Crippen molar-refractivity contribution in [2.24, 2.45) is 64.1 Å². The summed E-state index contributed by atoms with van der Waals surface area (Å²) in [5, 5.41) is 0. The molecule has 11 bridgehead atoms. The van der Waals surface area contributed by atoms with Crippen LogP contribution in [0, 0.1) is 64.1 Å². The molecule has 1 spiro atoms. The van der Waals surface area contributed by atoms with Gasteiger partial charge >= 0.3 is 5.97 Å². The zero-order valence-corrected chi connectivity index (χ0v) is 13.5. The second-order valence-corrected chi connectivity index (χ2v) is 10.4. The average Bonchev–Trinajstić information content (AvgIpc) is 2.52. The second kappa shape index (κ2) is 3.17. The molecule has 118 valence electrons. The number of esters is 1. The first-order valence-corrected chi connectivity index (χ1v) is 9.75. The first-order valence-electron chi connectivity index (χ1n) is 9.75. The fourth-order valence-electron chi connectivity index (χ4n) is 10.8. The number of carbonyl (C=O) groups is 1. The summed E-state index contributed by atoms with van der Waals surface area (Å²) in [6.45, 7) is 0. The van der Waals surface area contributed by atoms with Gasteiger partial charge in [-0.2, -0.15) is 0 Å². The van der Waals surface area contributed by atoms with Crippen LogP contribution in [0.5, 0.6) is 0 Å². The lowest BCUT2D eigenvalue weighted by Crippen LogP contribution is -2.79. The fraction of sp³-hybridized carbons (Fsp3) is 0.950. The molecule has 0 aromatic heterocycles. The van der Waals surface area contributed by atoms with Crippen molar-refractivity contribution in [1.29, 1.82) is 0 Å². The monoisotopic (exact) mass is 298 g/mol. The Morgan fingerprint density at radius 2 is 1.50 bits per heavy atom. The van der Waals surface area contributed by atoms with Gasteiger partial charge in [0.15, 0.2) is 0 Å². The summed E-state index contributed by atoms with van der Waals surface area (Å²) in [4.78, 5) is 12.7. The molecule has 22 heavy (non-hydrogen) atoms. The molecule has 0 aromatic rings. The molecular weight excluding hydrogens is 272 g/mol. The van der Waals surface area contributed by atoms with E-state index in [0.717, 1.165) is 53.3 Å². The van der Waals surface area contributed by atoms with Crippen LogP contribution in [0.1, 0.15) is 44.9 Å². The van der Waals surface area contributed by atoms with Crippen LogP contribution in [0.3, 0.4) is 0 Å². The van der Waals surface area contributed by atoms with Crippen LogP contribution in [0.15, 0.2) is 0 Å².